The van der Waals surface area contributed by atoms with Gasteiger partial charge in [0.05, 0.1) is 11.0 Å². The zero-order valence-corrected chi connectivity index (χ0v) is 22.1. The molecule has 0 atom stereocenters. The lowest BCUT2D eigenvalue weighted by Gasteiger charge is -2.37. The Morgan fingerprint density at radius 2 is 1.82 bits per heavy atom. The lowest BCUT2D eigenvalue weighted by molar-refractivity contribution is -0.138. The van der Waals surface area contributed by atoms with Crippen molar-refractivity contribution < 1.29 is 9.18 Å². The second-order valence-corrected chi connectivity index (χ2v) is 10.7. The summed E-state index contributed by atoms with van der Waals surface area (Å²) in [5.74, 6) is 0.371. The summed E-state index contributed by atoms with van der Waals surface area (Å²) < 4.78 is 17.5. The van der Waals surface area contributed by atoms with Gasteiger partial charge in [-0.3, -0.25) is 14.3 Å². The number of imidazole rings is 1. The number of rotatable bonds is 5. The van der Waals surface area contributed by atoms with Crippen molar-refractivity contribution in [3.8, 4) is 5.82 Å². The first-order valence-electron chi connectivity index (χ1n) is 13.7. The van der Waals surface area contributed by atoms with E-state index in [1.54, 1.807) is 16.7 Å². The molecule has 0 saturated carbocycles. The molecule has 3 aliphatic rings. The Morgan fingerprint density at radius 3 is 2.54 bits per heavy atom. The van der Waals surface area contributed by atoms with Crippen LogP contribution in [0.3, 0.4) is 0 Å². The first-order valence-corrected chi connectivity index (χ1v) is 13.7. The monoisotopic (exact) mass is 531 g/mol. The molecule has 0 spiro atoms. The third-order valence-electron chi connectivity index (χ3n) is 8.14. The molecular weight excluding hydrogens is 497 g/mol. The molecule has 0 bridgehead atoms. The SMILES string of the molecule is Cc1cccc(-n2c(=O)n(C3CCN(C(=O)C4CCN(CC5=CNNC=C5)CC4)CC3)c3ccc(F)cc32)n1. The van der Waals surface area contributed by atoms with Crippen molar-refractivity contribution in [1.82, 2.24) is 34.8 Å². The maximum absolute atomic E-state index is 14.3. The number of fused-ring (bicyclic) bond motifs is 1. The van der Waals surface area contributed by atoms with Gasteiger partial charge in [-0.15, -0.1) is 0 Å². The summed E-state index contributed by atoms with van der Waals surface area (Å²) in [6, 6.07) is 9.89. The highest BCUT2D eigenvalue weighted by Crippen LogP contribution is 2.29. The summed E-state index contributed by atoms with van der Waals surface area (Å²) in [5.41, 5.74) is 8.92. The molecule has 3 aromatic rings. The number of halogens is 1. The molecule has 2 aromatic heterocycles. The van der Waals surface area contributed by atoms with Gasteiger partial charge in [0, 0.05) is 55.8 Å². The van der Waals surface area contributed by atoms with E-state index in [1.165, 1.54) is 22.3 Å². The van der Waals surface area contributed by atoms with Crippen LogP contribution in [-0.2, 0) is 4.79 Å². The van der Waals surface area contributed by atoms with Crippen LogP contribution in [0, 0.1) is 18.7 Å². The third-order valence-corrected chi connectivity index (χ3v) is 8.14. The number of nitrogens with one attached hydrogen (secondary N) is 2. The highest BCUT2D eigenvalue weighted by molar-refractivity contribution is 5.79. The molecule has 0 radical (unpaired) electrons. The number of aromatic nitrogens is 3. The Balaban J connectivity index is 1.13. The zero-order valence-electron chi connectivity index (χ0n) is 22.1. The average Bonchev–Trinajstić information content (AvgIpc) is 3.24. The fourth-order valence-corrected chi connectivity index (χ4v) is 6.10. The Kier molecular flexibility index (Phi) is 6.95. The Morgan fingerprint density at radius 1 is 1.03 bits per heavy atom. The molecule has 0 unspecified atom stereocenters. The second kappa shape index (κ2) is 10.7. The number of pyridine rings is 1. The van der Waals surface area contributed by atoms with Crippen LogP contribution < -0.4 is 16.5 Å². The minimum atomic E-state index is -0.395. The number of piperidine rings is 2. The van der Waals surface area contributed by atoms with Gasteiger partial charge < -0.3 is 15.8 Å². The lowest BCUT2D eigenvalue weighted by Crippen LogP contribution is -2.46. The molecule has 5 heterocycles. The van der Waals surface area contributed by atoms with E-state index in [4.69, 9.17) is 0 Å². The number of aryl methyl sites for hydroxylation is 1. The van der Waals surface area contributed by atoms with Crippen molar-refractivity contribution >= 4 is 16.9 Å². The number of amides is 1. The van der Waals surface area contributed by atoms with E-state index in [0.29, 0.717) is 42.8 Å². The van der Waals surface area contributed by atoms with E-state index in [0.717, 1.165) is 38.2 Å². The van der Waals surface area contributed by atoms with Crippen LogP contribution in [0.4, 0.5) is 4.39 Å². The molecule has 0 aliphatic carbocycles. The molecule has 9 nitrogen and oxygen atoms in total. The smallest absolute Gasteiger partial charge is 0.335 e. The van der Waals surface area contributed by atoms with Crippen LogP contribution in [0.15, 0.2) is 65.2 Å². The quantitative estimate of drug-likeness (QED) is 0.527. The van der Waals surface area contributed by atoms with Crippen molar-refractivity contribution in [2.24, 2.45) is 5.92 Å². The van der Waals surface area contributed by atoms with E-state index in [-0.39, 0.29) is 23.6 Å². The van der Waals surface area contributed by atoms with Gasteiger partial charge in [-0.25, -0.2) is 18.7 Å². The summed E-state index contributed by atoms with van der Waals surface area (Å²) >= 11 is 0. The summed E-state index contributed by atoms with van der Waals surface area (Å²) in [7, 11) is 0. The largest absolute Gasteiger partial charge is 0.342 e. The number of benzene rings is 1. The van der Waals surface area contributed by atoms with Gasteiger partial charge in [0.2, 0.25) is 5.91 Å². The van der Waals surface area contributed by atoms with Gasteiger partial charge in [0.25, 0.3) is 0 Å². The third kappa shape index (κ3) is 5.08. The molecule has 2 fully saturated rings. The van der Waals surface area contributed by atoms with Crippen LogP contribution in [0.5, 0.6) is 0 Å². The normalized spacial score (nSPS) is 19.1. The van der Waals surface area contributed by atoms with Gasteiger partial charge in [-0.05, 0) is 81.6 Å². The molecule has 3 aliphatic heterocycles. The highest BCUT2D eigenvalue weighted by atomic mass is 19.1. The van der Waals surface area contributed by atoms with Gasteiger partial charge in [-0.1, -0.05) is 6.07 Å². The Hall–Kier alpha value is -3.92. The maximum atomic E-state index is 14.3. The molecular formula is C29H34FN7O2. The highest BCUT2D eigenvalue weighted by Gasteiger charge is 2.32. The predicted molar refractivity (Wildman–Crippen MR) is 148 cm³/mol. The maximum Gasteiger partial charge on any atom is 0.335 e. The fourth-order valence-electron chi connectivity index (χ4n) is 6.10. The number of hydrazine groups is 1. The second-order valence-electron chi connectivity index (χ2n) is 10.7. The minimum absolute atomic E-state index is 0.0495. The van der Waals surface area contributed by atoms with Crippen LogP contribution in [0.2, 0.25) is 0 Å². The van der Waals surface area contributed by atoms with Gasteiger partial charge >= 0.3 is 5.69 Å². The molecule has 2 saturated heterocycles. The van der Waals surface area contributed by atoms with E-state index < -0.39 is 5.82 Å². The number of nitrogens with zero attached hydrogens (tertiary/aromatic N) is 5. The molecule has 39 heavy (non-hydrogen) atoms. The number of carbonyl (C=O) groups is 1. The topological polar surface area (TPSA) is 87.4 Å². The van der Waals surface area contributed by atoms with E-state index in [1.807, 2.05) is 36.4 Å². The molecule has 1 aromatic carbocycles. The Labute approximate surface area is 226 Å². The predicted octanol–water partition coefficient (Wildman–Crippen LogP) is 3.02. The molecule has 2 N–H and O–H groups in total. The van der Waals surface area contributed by atoms with Crippen LogP contribution in [-0.4, -0.2) is 62.5 Å². The van der Waals surface area contributed by atoms with Crippen molar-refractivity contribution in [3.63, 3.8) is 0 Å². The van der Waals surface area contributed by atoms with Gasteiger partial charge in [0.15, 0.2) is 0 Å². The first-order chi connectivity index (χ1) is 19.0. The number of carbonyl (C=O) groups excluding carboxylic acids is 1. The first kappa shape index (κ1) is 25.4. The van der Waals surface area contributed by atoms with Crippen LogP contribution in [0.1, 0.15) is 37.4 Å². The number of hydrogen-bond acceptors (Lipinski definition) is 6. The average molecular weight is 532 g/mol. The van der Waals surface area contributed by atoms with Crippen LogP contribution in [0.25, 0.3) is 16.9 Å². The van der Waals surface area contributed by atoms with Gasteiger partial charge in [-0.2, -0.15) is 0 Å². The van der Waals surface area contributed by atoms with E-state index >= 15 is 0 Å². The van der Waals surface area contributed by atoms with Crippen molar-refractivity contribution in [2.75, 3.05) is 32.7 Å². The molecule has 6 rings (SSSR count). The van der Waals surface area contributed by atoms with Crippen molar-refractivity contribution in [2.45, 2.75) is 38.6 Å². The molecule has 1 amide bonds. The lowest BCUT2D eigenvalue weighted by atomic mass is 9.93. The van der Waals surface area contributed by atoms with Gasteiger partial charge in [0.1, 0.15) is 11.6 Å². The van der Waals surface area contributed by atoms with E-state index in [2.05, 4.69) is 26.8 Å². The molecule has 10 heteroatoms. The number of hydrogen-bond donors (Lipinski definition) is 2. The summed E-state index contributed by atoms with van der Waals surface area (Å²) in [4.78, 5) is 36.0. The van der Waals surface area contributed by atoms with E-state index in [9.17, 15) is 14.0 Å². The zero-order chi connectivity index (χ0) is 26.9. The van der Waals surface area contributed by atoms with Crippen LogP contribution >= 0.6 is 0 Å². The van der Waals surface area contributed by atoms with Crippen molar-refractivity contribution in [3.05, 3.63) is 82.4 Å². The summed E-state index contributed by atoms with van der Waals surface area (Å²) in [5, 5.41) is 0. The summed E-state index contributed by atoms with van der Waals surface area (Å²) in [6.45, 7) is 5.79. The number of likely N-dealkylation sites (tertiary alicyclic amines) is 2. The minimum Gasteiger partial charge on any atom is -0.342 e. The Bertz CT molecular complexity index is 1490. The fraction of sp³-hybridized carbons (Fsp3) is 0.414. The standard InChI is InChI=1S/C29H34FN7O2/c1-20-3-2-4-27(33-20)37-26-17-23(30)5-6-25(26)36(29(37)39)24-10-15-35(16-11-24)28(38)22-8-13-34(14-9-22)19-21-7-12-31-32-18-21/h2-7,12,17-18,22,24,31-32H,8-11,13-16,19H2,1H3. The summed E-state index contributed by atoms with van der Waals surface area (Å²) in [6.07, 6.45) is 9.02. The molecule has 204 valence electrons. The van der Waals surface area contributed by atoms with Crippen molar-refractivity contribution in [1.29, 1.82) is 0 Å².